The maximum absolute atomic E-state index is 13.1. The van der Waals surface area contributed by atoms with Crippen LogP contribution in [-0.2, 0) is 4.79 Å². The van der Waals surface area contributed by atoms with E-state index in [-0.39, 0.29) is 17.4 Å². The first kappa shape index (κ1) is 24.9. The number of nitrogens with one attached hydrogen (secondary N) is 3. The van der Waals surface area contributed by atoms with Crippen LogP contribution < -0.4 is 16.0 Å². The van der Waals surface area contributed by atoms with Crippen molar-refractivity contribution in [3.05, 3.63) is 52.1 Å². The Kier molecular flexibility index (Phi) is 8.42. The predicted molar refractivity (Wildman–Crippen MR) is 137 cm³/mol. The first-order chi connectivity index (χ1) is 16.4. The Morgan fingerprint density at radius 2 is 1.82 bits per heavy atom. The minimum Gasteiger partial charge on any atom is -0.325 e. The number of pyridine rings is 1. The molecule has 2 atom stereocenters. The lowest BCUT2D eigenvalue weighted by Crippen LogP contribution is -2.45. The van der Waals surface area contributed by atoms with Crippen LogP contribution in [0.5, 0.6) is 0 Å². The van der Waals surface area contributed by atoms with E-state index < -0.39 is 5.91 Å². The van der Waals surface area contributed by atoms with Gasteiger partial charge in [0.15, 0.2) is 0 Å². The molecular weight excluding hydrogens is 473 g/mol. The van der Waals surface area contributed by atoms with Crippen molar-refractivity contribution in [2.75, 3.05) is 30.3 Å². The molecule has 1 aromatic heterocycles. The average Bonchev–Trinajstić information content (AvgIpc) is 3.06. The highest BCUT2D eigenvalue weighted by Crippen LogP contribution is 2.27. The van der Waals surface area contributed by atoms with Gasteiger partial charge >= 0.3 is 0 Å². The molecule has 7 nitrogen and oxygen atoms in total. The number of anilines is 2. The lowest BCUT2D eigenvalue weighted by atomic mass is 9.92. The van der Waals surface area contributed by atoms with Gasteiger partial charge < -0.3 is 20.9 Å². The monoisotopic (exact) mass is 503 g/mol. The number of nitrogens with zero attached hydrogens (tertiary/aromatic N) is 2. The van der Waals surface area contributed by atoms with E-state index in [4.69, 9.17) is 23.2 Å². The Hall–Kier alpha value is -2.19. The van der Waals surface area contributed by atoms with Crippen LogP contribution in [0, 0.1) is 5.92 Å². The lowest BCUT2D eigenvalue weighted by Gasteiger charge is -2.37. The fraction of sp³-hybridized carbons (Fsp3) is 0.480. The zero-order chi connectivity index (χ0) is 24.1. The van der Waals surface area contributed by atoms with Crippen LogP contribution >= 0.6 is 23.2 Å². The number of hydrogen-bond acceptors (Lipinski definition) is 5. The van der Waals surface area contributed by atoms with Gasteiger partial charge in [0.2, 0.25) is 5.91 Å². The van der Waals surface area contributed by atoms with Crippen LogP contribution in [0.15, 0.2) is 36.5 Å². The minimum atomic E-state index is -0.404. The number of likely N-dealkylation sites (tertiary alicyclic amines) is 1. The van der Waals surface area contributed by atoms with Gasteiger partial charge in [0.1, 0.15) is 5.82 Å². The van der Waals surface area contributed by atoms with Crippen LogP contribution in [0.2, 0.25) is 10.0 Å². The van der Waals surface area contributed by atoms with Crippen LogP contribution in [0.4, 0.5) is 11.5 Å². The van der Waals surface area contributed by atoms with Crippen LogP contribution in [-0.4, -0.2) is 53.4 Å². The van der Waals surface area contributed by atoms with Gasteiger partial charge in [-0.25, -0.2) is 4.98 Å². The van der Waals surface area contributed by atoms with Gasteiger partial charge in [0, 0.05) is 29.2 Å². The highest BCUT2D eigenvalue weighted by molar-refractivity contribution is 6.31. The molecule has 9 heteroatoms. The average molecular weight is 504 g/mol. The third-order valence-electron chi connectivity index (χ3n) is 6.70. The highest BCUT2D eigenvalue weighted by Gasteiger charge is 2.30. The lowest BCUT2D eigenvalue weighted by molar-refractivity contribution is -0.121. The molecule has 2 saturated heterocycles. The fourth-order valence-electron chi connectivity index (χ4n) is 4.84. The number of benzene rings is 1. The largest absolute Gasteiger partial charge is 0.325 e. The molecule has 2 aliphatic rings. The number of amides is 2. The maximum atomic E-state index is 13.1. The van der Waals surface area contributed by atoms with E-state index in [0.717, 1.165) is 38.9 Å². The van der Waals surface area contributed by atoms with Crippen molar-refractivity contribution < 1.29 is 9.59 Å². The van der Waals surface area contributed by atoms with Crippen molar-refractivity contribution in [1.82, 2.24) is 15.2 Å². The van der Waals surface area contributed by atoms with Gasteiger partial charge in [-0.05, 0) is 89.0 Å². The summed E-state index contributed by atoms with van der Waals surface area (Å²) in [7, 11) is 0. The van der Waals surface area contributed by atoms with Gasteiger partial charge in [-0.2, -0.15) is 0 Å². The summed E-state index contributed by atoms with van der Waals surface area (Å²) in [6.45, 7) is 5.18. The Labute approximate surface area is 210 Å². The highest BCUT2D eigenvalue weighted by atomic mass is 35.5. The molecule has 0 bridgehead atoms. The summed E-state index contributed by atoms with van der Waals surface area (Å²) in [4.78, 5) is 32.6. The molecular formula is C25H31Cl2N5O2. The van der Waals surface area contributed by atoms with Gasteiger partial charge in [0.25, 0.3) is 5.91 Å². The summed E-state index contributed by atoms with van der Waals surface area (Å²) in [5.74, 6) is -0.181. The summed E-state index contributed by atoms with van der Waals surface area (Å²) in [5, 5.41) is 10.1. The van der Waals surface area contributed by atoms with E-state index in [2.05, 4.69) is 32.8 Å². The van der Waals surface area contributed by atoms with E-state index in [0.29, 0.717) is 33.6 Å². The van der Waals surface area contributed by atoms with Crippen molar-refractivity contribution in [3.63, 3.8) is 0 Å². The summed E-state index contributed by atoms with van der Waals surface area (Å²) in [6.07, 6.45) is 6.64. The number of aromatic nitrogens is 1. The molecule has 4 rings (SSSR count). The summed E-state index contributed by atoms with van der Waals surface area (Å²) in [5.41, 5.74) is 0.724. The van der Waals surface area contributed by atoms with E-state index in [1.807, 2.05) is 0 Å². The molecule has 2 amide bonds. The van der Waals surface area contributed by atoms with Gasteiger partial charge in [-0.3, -0.25) is 9.59 Å². The molecule has 0 aliphatic carbocycles. The smallest absolute Gasteiger partial charge is 0.258 e. The van der Waals surface area contributed by atoms with Crippen LogP contribution in [0.3, 0.4) is 0 Å². The van der Waals surface area contributed by atoms with Crippen molar-refractivity contribution >= 4 is 46.5 Å². The molecule has 2 aromatic rings. The summed E-state index contributed by atoms with van der Waals surface area (Å²) < 4.78 is 0. The molecule has 34 heavy (non-hydrogen) atoms. The Bertz CT molecular complexity index is 1010. The molecule has 3 heterocycles. The molecule has 0 radical (unpaired) electrons. The third kappa shape index (κ3) is 6.48. The topological polar surface area (TPSA) is 86.4 Å². The van der Waals surface area contributed by atoms with E-state index in [9.17, 15) is 9.59 Å². The number of piperidine rings is 1. The van der Waals surface area contributed by atoms with Gasteiger partial charge in [0.05, 0.1) is 16.3 Å². The molecule has 3 N–H and O–H groups in total. The maximum Gasteiger partial charge on any atom is 0.258 e. The molecule has 1 aromatic carbocycles. The second-order valence-corrected chi connectivity index (χ2v) is 10.1. The second-order valence-electron chi connectivity index (χ2n) is 9.19. The van der Waals surface area contributed by atoms with Crippen molar-refractivity contribution in [1.29, 1.82) is 0 Å². The Morgan fingerprint density at radius 3 is 2.56 bits per heavy atom. The first-order valence-electron chi connectivity index (χ1n) is 11.9. The van der Waals surface area contributed by atoms with E-state index in [1.165, 1.54) is 19.0 Å². The van der Waals surface area contributed by atoms with Crippen LogP contribution in [0.1, 0.15) is 49.4 Å². The van der Waals surface area contributed by atoms with Crippen molar-refractivity contribution in [2.45, 2.75) is 51.1 Å². The first-order valence-corrected chi connectivity index (χ1v) is 12.7. The molecule has 2 unspecified atom stereocenters. The molecule has 0 spiro atoms. The zero-order valence-corrected chi connectivity index (χ0v) is 20.8. The van der Waals surface area contributed by atoms with Gasteiger partial charge in [-0.1, -0.05) is 23.2 Å². The predicted octanol–water partition coefficient (Wildman–Crippen LogP) is 4.82. The summed E-state index contributed by atoms with van der Waals surface area (Å²) >= 11 is 12.0. The number of rotatable bonds is 5. The standard InChI is InChI=1S/C25H31Cl2N5O2/c1-16-13-20(3-2-10-28-16)32-11-8-17(9-12-32)24(33)30-22-6-4-18(26)14-21(22)25(34)31-23-7-5-19(27)15-29-23/h4-7,14-17,20,28H,2-3,8-13H2,1H3,(H,30,33)(H,29,31,34). The Morgan fingerprint density at radius 1 is 1.06 bits per heavy atom. The quantitative estimate of drug-likeness (QED) is 0.544. The summed E-state index contributed by atoms with van der Waals surface area (Å²) in [6, 6.07) is 9.25. The van der Waals surface area contributed by atoms with Gasteiger partial charge in [-0.15, -0.1) is 0 Å². The minimum absolute atomic E-state index is 0.0588. The molecule has 0 saturated carbocycles. The van der Waals surface area contributed by atoms with Crippen molar-refractivity contribution in [2.24, 2.45) is 5.92 Å². The fourth-order valence-corrected chi connectivity index (χ4v) is 5.12. The number of halogens is 2. The van der Waals surface area contributed by atoms with Crippen LogP contribution in [0.25, 0.3) is 0 Å². The van der Waals surface area contributed by atoms with E-state index >= 15 is 0 Å². The van der Waals surface area contributed by atoms with E-state index in [1.54, 1.807) is 30.3 Å². The third-order valence-corrected chi connectivity index (χ3v) is 7.16. The normalized spacial score (nSPS) is 22.1. The number of carbonyl (C=O) groups is 2. The SMILES string of the molecule is CC1CC(N2CCC(C(=O)Nc3ccc(Cl)cc3C(=O)Nc3ccc(Cl)cn3)CC2)CCCN1. The molecule has 182 valence electrons. The van der Waals surface area contributed by atoms with Crippen molar-refractivity contribution in [3.8, 4) is 0 Å². The number of carbonyl (C=O) groups excluding carboxylic acids is 2. The zero-order valence-electron chi connectivity index (χ0n) is 19.3. The molecule has 2 aliphatic heterocycles. The second kappa shape index (κ2) is 11.5. The number of hydrogen-bond donors (Lipinski definition) is 3. The Balaban J connectivity index is 1.37. The molecule has 2 fully saturated rings.